The van der Waals surface area contributed by atoms with Gasteiger partial charge in [0.15, 0.2) is 28.6 Å². The molecule has 0 atom stereocenters. The van der Waals surface area contributed by atoms with E-state index in [9.17, 15) is 19.8 Å². The predicted octanol–water partition coefficient (Wildman–Crippen LogP) is 3.77. The number of hydrogen-bond donors (Lipinski definition) is 2. The molecule has 3 aromatic rings. The lowest BCUT2D eigenvalue weighted by Gasteiger charge is -2.15. The van der Waals surface area contributed by atoms with Gasteiger partial charge in [-0.2, -0.15) is 0 Å². The Balaban J connectivity index is 2.42. The molecule has 32 heavy (non-hydrogen) atoms. The number of carbonyl (C=O) groups is 1. The van der Waals surface area contributed by atoms with Crippen LogP contribution in [-0.4, -0.2) is 37.5 Å². The molecule has 1 heterocycles. The summed E-state index contributed by atoms with van der Waals surface area (Å²) in [4.78, 5) is 25.8. The first-order valence-electron chi connectivity index (χ1n) is 9.44. The summed E-state index contributed by atoms with van der Waals surface area (Å²) in [6.07, 6.45) is 1.53. The molecule has 0 spiro atoms. The Morgan fingerprint density at radius 1 is 0.969 bits per heavy atom. The van der Waals surface area contributed by atoms with Crippen molar-refractivity contribution >= 4 is 16.9 Å². The monoisotopic (exact) mass is 442 g/mol. The quantitative estimate of drug-likeness (QED) is 0.433. The number of aromatic hydroxyl groups is 2. The lowest BCUT2D eigenvalue weighted by Crippen LogP contribution is -2.17. The van der Waals surface area contributed by atoms with Crippen molar-refractivity contribution in [1.82, 2.24) is 0 Å². The van der Waals surface area contributed by atoms with Crippen molar-refractivity contribution in [2.75, 3.05) is 21.3 Å². The number of benzene rings is 2. The maximum atomic E-state index is 13.3. The number of rotatable bonds is 6. The van der Waals surface area contributed by atoms with Gasteiger partial charge in [-0.1, -0.05) is 6.08 Å². The average molecular weight is 442 g/mol. The summed E-state index contributed by atoms with van der Waals surface area (Å²) in [6, 6.07) is 5.62. The second-order valence-corrected chi connectivity index (χ2v) is 6.67. The summed E-state index contributed by atoms with van der Waals surface area (Å²) in [5, 5.41) is 20.1. The molecule has 9 heteroatoms. The van der Waals surface area contributed by atoms with Crippen LogP contribution in [0.5, 0.6) is 34.5 Å². The SMILES string of the molecule is C/C=C(\C)C(=O)Oc1c(-c2ccc(OC)c(OC)c2)oc2c(OC)c(O)cc(O)c2c1=O. The average Bonchev–Trinajstić information content (AvgIpc) is 2.79. The molecule has 0 aliphatic rings. The number of hydrogen-bond acceptors (Lipinski definition) is 9. The van der Waals surface area contributed by atoms with Crippen molar-refractivity contribution in [3.63, 3.8) is 0 Å². The van der Waals surface area contributed by atoms with Crippen molar-refractivity contribution in [1.29, 1.82) is 0 Å². The third kappa shape index (κ3) is 3.80. The topological polar surface area (TPSA) is 125 Å². The second-order valence-electron chi connectivity index (χ2n) is 6.67. The number of allylic oxidation sites excluding steroid dienone is 1. The molecule has 0 fully saturated rings. The largest absolute Gasteiger partial charge is 0.507 e. The van der Waals surface area contributed by atoms with E-state index in [-0.39, 0.29) is 28.1 Å². The lowest BCUT2D eigenvalue weighted by molar-refractivity contribution is -0.130. The molecule has 0 aliphatic heterocycles. The zero-order valence-corrected chi connectivity index (χ0v) is 18.1. The van der Waals surface area contributed by atoms with E-state index in [1.165, 1.54) is 40.4 Å². The van der Waals surface area contributed by atoms with E-state index in [1.54, 1.807) is 19.1 Å². The smallest absolute Gasteiger partial charge is 0.339 e. The number of esters is 1. The van der Waals surface area contributed by atoms with Gasteiger partial charge < -0.3 is 33.6 Å². The van der Waals surface area contributed by atoms with Crippen LogP contribution in [0.4, 0.5) is 0 Å². The lowest BCUT2D eigenvalue weighted by atomic mass is 10.1. The molecule has 2 N–H and O–H groups in total. The highest BCUT2D eigenvalue weighted by Gasteiger charge is 2.26. The van der Waals surface area contributed by atoms with E-state index in [4.69, 9.17) is 23.4 Å². The molecule has 0 amide bonds. The Hall–Kier alpha value is -4.14. The molecule has 3 rings (SSSR count). The first-order valence-corrected chi connectivity index (χ1v) is 9.44. The number of phenolic OH excluding ortho intramolecular Hbond substituents is 2. The van der Waals surface area contributed by atoms with Crippen molar-refractivity contribution in [3.05, 3.63) is 46.1 Å². The van der Waals surface area contributed by atoms with Gasteiger partial charge in [0.1, 0.15) is 11.1 Å². The zero-order valence-electron chi connectivity index (χ0n) is 18.1. The number of ether oxygens (including phenoxy) is 4. The first kappa shape index (κ1) is 22.5. The van der Waals surface area contributed by atoms with Crippen LogP contribution in [0, 0.1) is 0 Å². The second kappa shape index (κ2) is 8.93. The van der Waals surface area contributed by atoms with E-state index in [2.05, 4.69) is 0 Å². The van der Waals surface area contributed by atoms with Gasteiger partial charge in [-0.15, -0.1) is 0 Å². The summed E-state index contributed by atoms with van der Waals surface area (Å²) >= 11 is 0. The van der Waals surface area contributed by atoms with E-state index in [0.29, 0.717) is 17.1 Å². The Bertz CT molecular complexity index is 1290. The van der Waals surface area contributed by atoms with Gasteiger partial charge >= 0.3 is 5.97 Å². The minimum absolute atomic E-state index is 0.135. The number of phenols is 2. The highest BCUT2D eigenvalue weighted by atomic mass is 16.5. The number of fused-ring (bicyclic) bond motifs is 1. The molecule has 168 valence electrons. The molecule has 0 bridgehead atoms. The predicted molar refractivity (Wildman–Crippen MR) is 116 cm³/mol. The molecule has 2 aromatic carbocycles. The fourth-order valence-electron chi connectivity index (χ4n) is 3.04. The Morgan fingerprint density at radius 2 is 1.66 bits per heavy atom. The Morgan fingerprint density at radius 3 is 2.25 bits per heavy atom. The van der Waals surface area contributed by atoms with Crippen molar-refractivity contribution in [2.24, 2.45) is 0 Å². The van der Waals surface area contributed by atoms with Gasteiger partial charge in [0.2, 0.25) is 16.9 Å². The van der Waals surface area contributed by atoms with Crippen LogP contribution in [0.1, 0.15) is 13.8 Å². The van der Waals surface area contributed by atoms with E-state index < -0.39 is 28.6 Å². The molecule has 1 aromatic heterocycles. The van der Waals surface area contributed by atoms with Gasteiger partial charge in [0.05, 0.1) is 21.3 Å². The number of methoxy groups -OCH3 is 3. The molecular weight excluding hydrogens is 420 g/mol. The third-order valence-corrected chi connectivity index (χ3v) is 4.84. The van der Waals surface area contributed by atoms with E-state index >= 15 is 0 Å². The molecule has 0 radical (unpaired) electrons. The van der Waals surface area contributed by atoms with Crippen molar-refractivity contribution in [3.8, 4) is 45.8 Å². The third-order valence-electron chi connectivity index (χ3n) is 4.84. The van der Waals surface area contributed by atoms with Crippen LogP contribution >= 0.6 is 0 Å². The van der Waals surface area contributed by atoms with Crippen molar-refractivity contribution in [2.45, 2.75) is 13.8 Å². The zero-order chi connectivity index (χ0) is 23.6. The minimum Gasteiger partial charge on any atom is -0.507 e. The van der Waals surface area contributed by atoms with Gasteiger partial charge in [0.25, 0.3) is 0 Å². The Labute approximate surface area is 183 Å². The highest BCUT2D eigenvalue weighted by molar-refractivity contribution is 5.95. The van der Waals surface area contributed by atoms with Crippen LogP contribution < -0.4 is 24.4 Å². The summed E-state index contributed by atoms with van der Waals surface area (Å²) in [6.45, 7) is 3.17. The van der Waals surface area contributed by atoms with Crippen LogP contribution in [0.15, 0.2) is 45.1 Å². The van der Waals surface area contributed by atoms with Gasteiger partial charge in [-0.3, -0.25) is 4.79 Å². The maximum Gasteiger partial charge on any atom is 0.339 e. The van der Waals surface area contributed by atoms with E-state index in [0.717, 1.165) is 6.07 Å². The fourth-order valence-corrected chi connectivity index (χ4v) is 3.04. The molecule has 0 saturated carbocycles. The molecule has 0 saturated heterocycles. The first-order chi connectivity index (χ1) is 15.3. The molecule has 0 aliphatic carbocycles. The van der Waals surface area contributed by atoms with Crippen LogP contribution in [0.2, 0.25) is 0 Å². The molecular formula is C23H22O9. The molecule has 0 unspecified atom stereocenters. The molecule has 9 nitrogen and oxygen atoms in total. The highest BCUT2D eigenvalue weighted by Crippen LogP contribution is 2.43. The van der Waals surface area contributed by atoms with Gasteiger partial charge in [-0.05, 0) is 32.0 Å². The minimum atomic E-state index is -0.830. The van der Waals surface area contributed by atoms with Crippen LogP contribution in [0.25, 0.3) is 22.3 Å². The summed E-state index contributed by atoms with van der Waals surface area (Å²) in [5.74, 6) is -1.76. The van der Waals surface area contributed by atoms with Crippen LogP contribution in [0.3, 0.4) is 0 Å². The summed E-state index contributed by atoms with van der Waals surface area (Å²) < 4.78 is 27.0. The number of carbonyl (C=O) groups excluding carboxylic acids is 1. The standard InChI is InChI=1S/C23H22O9/c1-6-11(2)23(27)32-22-18(26)17-13(24)10-14(25)20(30-5)21(17)31-19(22)12-7-8-15(28-3)16(9-12)29-4/h6-10,24-25H,1-5H3/b11-6+. The van der Waals surface area contributed by atoms with Crippen molar-refractivity contribution < 1.29 is 38.4 Å². The van der Waals surface area contributed by atoms with Gasteiger partial charge in [0, 0.05) is 17.2 Å². The summed E-state index contributed by atoms with van der Waals surface area (Å²) in [5.41, 5.74) is -0.478. The summed E-state index contributed by atoms with van der Waals surface area (Å²) in [7, 11) is 4.18. The normalized spacial score (nSPS) is 11.3. The fraction of sp³-hybridized carbons (Fsp3) is 0.217. The van der Waals surface area contributed by atoms with Gasteiger partial charge in [-0.25, -0.2) is 4.79 Å². The Kier molecular flexibility index (Phi) is 6.29. The van der Waals surface area contributed by atoms with Crippen LogP contribution in [-0.2, 0) is 4.79 Å². The maximum absolute atomic E-state index is 13.3. The van der Waals surface area contributed by atoms with E-state index in [1.807, 2.05) is 0 Å².